The SMILES string of the molecule is CCCCCCCC[n+]1ccn(CCCC)c1.O=S(=O)([O-])C(F)(F)C(F)(F)C(F)(F)C(F)(F)F. The van der Waals surface area contributed by atoms with Crippen LogP contribution in [0.25, 0.3) is 0 Å². The quantitative estimate of drug-likeness (QED) is 0.137. The zero-order valence-electron chi connectivity index (χ0n) is 18.7. The van der Waals surface area contributed by atoms with E-state index in [0.717, 1.165) is 0 Å². The molecule has 0 aliphatic rings. The van der Waals surface area contributed by atoms with E-state index in [-0.39, 0.29) is 0 Å². The van der Waals surface area contributed by atoms with Crippen LogP contribution in [0, 0.1) is 0 Å². The summed E-state index contributed by atoms with van der Waals surface area (Å²) in [5.41, 5.74) is 0. The van der Waals surface area contributed by atoms with Crippen LogP contribution in [0.2, 0.25) is 0 Å². The van der Waals surface area contributed by atoms with Gasteiger partial charge in [0.1, 0.15) is 12.4 Å². The Hall–Kier alpha value is -1.51. The minimum atomic E-state index is -7.43. The van der Waals surface area contributed by atoms with E-state index in [0.29, 0.717) is 0 Å². The van der Waals surface area contributed by atoms with Crippen molar-refractivity contribution in [1.29, 1.82) is 0 Å². The first-order chi connectivity index (χ1) is 15.4. The lowest BCUT2D eigenvalue weighted by Gasteiger charge is -2.34. The summed E-state index contributed by atoms with van der Waals surface area (Å²) in [6.45, 7) is 6.87. The highest BCUT2D eigenvalue weighted by atomic mass is 32.2. The summed E-state index contributed by atoms with van der Waals surface area (Å²) < 4.78 is 140. The lowest BCUT2D eigenvalue weighted by Crippen LogP contribution is -2.63. The predicted octanol–water partition coefficient (Wildman–Crippen LogP) is 5.89. The van der Waals surface area contributed by atoms with E-state index >= 15 is 0 Å². The van der Waals surface area contributed by atoms with Crippen molar-refractivity contribution in [2.24, 2.45) is 0 Å². The number of halogens is 9. The monoisotopic (exact) mass is 536 g/mol. The molecule has 15 heteroatoms. The Labute approximate surface area is 192 Å². The van der Waals surface area contributed by atoms with Crippen molar-refractivity contribution < 1.29 is 57.1 Å². The molecule has 1 heterocycles. The Kier molecular flexibility index (Phi) is 12.4. The van der Waals surface area contributed by atoms with E-state index in [4.69, 9.17) is 0 Å². The number of alkyl halides is 9. The maximum atomic E-state index is 12.2. The lowest BCUT2D eigenvalue weighted by molar-refractivity contribution is -0.696. The van der Waals surface area contributed by atoms with Crippen LogP contribution in [0.15, 0.2) is 18.7 Å². The van der Waals surface area contributed by atoms with Crippen molar-refractivity contribution in [3.05, 3.63) is 18.7 Å². The van der Waals surface area contributed by atoms with E-state index in [1.807, 2.05) is 0 Å². The third-order valence-electron chi connectivity index (χ3n) is 4.72. The number of rotatable bonds is 13. The molecule has 5 nitrogen and oxygen atoms in total. The molecule has 0 saturated heterocycles. The average molecular weight is 537 g/mol. The lowest BCUT2D eigenvalue weighted by atomic mass is 10.1. The molecular formula is C19H29F9N2O3S. The molecule has 0 fully saturated rings. The van der Waals surface area contributed by atoms with Crippen molar-refractivity contribution in [3.63, 3.8) is 0 Å². The van der Waals surface area contributed by atoms with E-state index in [1.165, 1.54) is 64.5 Å². The molecule has 0 unspecified atom stereocenters. The minimum absolute atomic E-state index is 1.17. The van der Waals surface area contributed by atoms with Crippen LogP contribution in [0.5, 0.6) is 0 Å². The summed E-state index contributed by atoms with van der Waals surface area (Å²) in [5.74, 6) is -14.8. The molecule has 1 aromatic rings. The third kappa shape index (κ3) is 8.61. The number of hydrogen-bond acceptors (Lipinski definition) is 3. The number of imidazole rings is 1. The van der Waals surface area contributed by atoms with E-state index < -0.39 is 33.4 Å². The van der Waals surface area contributed by atoms with Gasteiger partial charge in [-0.3, -0.25) is 0 Å². The summed E-state index contributed by atoms with van der Waals surface area (Å²) in [7, 11) is -7.42. The van der Waals surface area contributed by atoms with Gasteiger partial charge in [-0.15, -0.1) is 0 Å². The molecule has 0 bridgehead atoms. The Bertz CT molecular complexity index is 825. The van der Waals surface area contributed by atoms with Gasteiger partial charge in [0.25, 0.3) is 0 Å². The first kappa shape index (κ1) is 32.5. The van der Waals surface area contributed by atoms with Gasteiger partial charge in [0.05, 0.1) is 13.1 Å². The molecule has 0 aliphatic carbocycles. The molecule has 0 spiro atoms. The average Bonchev–Trinajstić information content (AvgIpc) is 3.15. The summed E-state index contributed by atoms with van der Waals surface area (Å²) in [5, 5.41) is -7.11. The molecule has 0 aliphatic heterocycles. The Morgan fingerprint density at radius 1 is 0.794 bits per heavy atom. The third-order valence-corrected chi connectivity index (χ3v) is 5.60. The van der Waals surface area contributed by atoms with Gasteiger partial charge < -0.3 is 4.55 Å². The van der Waals surface area contributed by atoms with Crippen LogP contribution in [0.1, 0.15) is 65.2 Å². The van der Waals surface area contributed by atoms with Gasteiger partial charge in [0.15, 0.2) is 10.1 Å². The van der Waals surface area contributed by atoms with Crippen molar-refractivity contribution >= 4 is 10.1 Å². The second kappa shape index (κ2) is 13.0. The topological polar surface area (TPSA) is 66.0 Å². The van der Waals surface area contributed by atoms with E-state index in [2.05, 4.69) is 41.7 Å². The van der Waals surface area contributed by atoms with Crippen molar-refractivity contribution in [2.75, 3.05) is 0 Å². The van der Waals surface area contributed by atoms with E-state index in [9.17, 15) is 52.5 Å². The number of unbranched alkanes of at least 4 members (excludes halogenated alkanes) is 6. The zero-order valence-corrected chi connectivity index (χ0v) is 19.5. The fourth-order valence-electron chi connectivity index (χ4n) is 2.64. The Morgan fingerprint density at radius 3 is 1.76 bits per heavy atom. The zero-order chi connectivity index (χ0) is 26.8. The van der Waals surface area contributed by atoms with Crippen molar-refractivity contribution in [2.45, 2.75) is 102 Å². The number of hydrogen-bond donors (Lipinski definition) is 0. The maximum absolute atomic E-state index is 12.2. The van der Waals surface area contributed by atoms with Gasteiger partial charge in [-0.05, 0) is 19.3 Å². The van der Waals surface area contributed by atoms with Gasteiger partial charge in [-0.25, -0.2) is 17.6 Å². The second-order valence-corrected chi connectivity index (χ2v) is 9.05. The smallest absolute Gasteiger partial charge is 0.460 e. The summed E-state index contributed by atoms with van der Waals surface area (Å²) in [6, 6.07) is 0. The van der Waals surface area contributed by atoms with Crippen LogP contribution in [0.3, 0.4) is 0 Å². The molecule has 202 valence electrons. The van der Waals surface area contributed by atoms with Gasteiger partial charge in [-0.1, -0.05) is 46.0 Å². The minimum Gasteiger partial charge on any atom is -0.743 e. The molecule has 0 amide bonds. The predicted molar refractivity (Wildman–Crippen MR) is 104 cm³/mol. The summed E-state index contributed by atoms with van der Waals surface area (Å²) >= 11 is 0. The first-order valence-electron chi connectivity index (χ1n) is 10.6. The second-order valence-electron chi connectivity index (χ2n) is 7.63. The molecular weight excluding hydrogens is 507 g/mol. The number of nitrogens with zero attached hydrogens (tertiary/aromatic N) is 2. The van der Waals surface area contributed by atoms with Crippen LogP contribution < -0.4 is 4.57 Å². The fraction of sp³-hybridized carbons (Fsp3) is 0.842. The molecule has 0 radical (unpaired) electrons. The standard InChI is InChI=1S/C15H29N2.C4HF9O3S/c1-3-5-7-8-9-10-12-17-14-13-16(15-17)11-6-4-2;5-1(6,3(9,10)11)2(7,8)4(12,13)17(14,15)16/h13-15H,3-12H2,1-2H3;(H,14,15,16)/q+1;/p-1. The number of aromatic nitrogens is 2. The summed E-state index contributed by atoms with van der Waals surface area (Å²) in [6.07, 6.45) is 10.3. The Balaban J connectivity index is 0.000000641. The highest BCUT2D eigenvalue weighted by Crippen LogP contribution is 2.54. The van der Waals surface area contributed by atoms with Crippen LogP contribution in [-0.2, 0) is 23.2 Å². The molecule has 0 atom stereocenters. The normalized spacial score (nSPS) is 13.5. The molecule has 0 N–H and O–H groups in total. The van der Waals surface area contributed by atoms with Crippen LogP contribution >= 0.6 is 0 Å². The number of aryl methyl sites for hydroxylation is 2. The molecule has 0 saturated carbocycles. The van der Waals surface area contributed by atoms with Gasteiger partial charge in [-0.2, -0.15) is 39.5 Å². The highest BCUT2D eigenvalue weighted by molar-refractivity contribution is 7.86. The fourth-order valence-corrected chi connectivity index (χ4v) is 3.08. The first-order valence-corrected chi connectivity index (χ1v) is 12.0. The van der Waals surface area contributed by atoms with Crippen molar-refractivity contribution in [1.82, 2.24) is 4.57 Å². The van der Waals surface area contributed by atoms with Crippen molar-refractivity contribution in [3.8, 4) is 0 Å². The molecule has 1 aromatic heterocycles. The molecule has 0 aromatic carbocycles. The molecule has 1 rings (SSSR count). The summed E-state index contributed by atoms with van der Waals surface area (Å²) in [4.78, 5) is 0. The van der Waals surface area contributed by atoms with Gasteiger partial charge >= 0.3 is 23.3 Å². The van der Waals surface area contributed by atoms with Gasteiger partial charge in [0, 0.05) is 0 Å². The molecule has 34 heavy (non-hydrogen) atoms. The highest BCUT2D eigenvalue weighted by Gasteiger charge is 2.83. The van der Waals surface area contributed by atoms with Crippen LogP contribution in [0.4, 0.5) is 39.5 Å². The maximum Gasteiger partial charge on any atom is 0.460 e. The Morgan fingerprint density at radius 2 is 1.29 bits per heavy atom. The van der Waals surface area contributed by atoms with Gasteiger partial charge in [0.2, 0.25) is 6.33 Å². The van der Waals surface area contributed by atoms with Crippen LogP contribution in [-0.4, -0.2) is 40.8 Å². The van der Waals surface area contributed by atoms with E-state index in [1.54, 1.807) is 0 Å². The largest absolute Gasteiger partial charge is 0.743 e.